The predicted molar refractivity (Wildman–Crippen MR) is 210 cm³/mol. The van der Waals surface area contributed by atoms with E-state index < -0.39 is 17.9 Å². The van der Waals surface area contributed by atoms with Crippen LogP contribution in [-0.2, 0) is 10.8 Å². The zero-order valence-electron chi connectivity index (χ0n) is 29.4. The van der Waals surface area contributed by atoms with Gasteiger partial charge in [-0.3, -0.25) is 0 Å². The lowest BCUT2D eigenvalue weighted by Gasteiger charge is -2.36. The summed E-state index contributed by atoms with van der Waals surface area (Å²) in [6.07, 6.45) is 0. The molecule has 0 radical (unpaired) electrons. The van der Waals surface area contributed by atoms with E-state index >= 15 is 0 Å². The van der Waals surface area contributed by atoms with E-state index in [9.17, 15) is 10.0 Å². The molecule has 0 spiro atoms. The summed E-state index contributed by atoms with van der Waals surface area (Å²) in [6, 6.07) is 55.8. The van der Waals surface area contributed by atoms with Crippen molar-refractivity contribution >= 4 is 12.6 Å². The molecule has 0 atom stereocenters. The Morgan fingerprint density at radius 3 is 1.12 bits per heavy atom. The monoisotopic (exact) mass is 658 g/mol. The van der Waals surface area contributed by atoms with Crippen LogP contribution in [0.1, 0.15) is 66.8 Å². The van der Waals surface area contributed by atoms with Gasteiger partial charge in [0.05, 0.1) is 10.8 Å². The molecule has 7 aromatic carbocycles. The second-order valence-electron chi connectivity index (χ2n) is 14.6. The molecule has 0 saturated carbocycles. The Morgan fingerprint density at radius 2 is 0.706 bits per heavy atom. The van der Waals surface area contributed by atoms with Crippen LogP contribution < -0.4 is 5.46 Å². The standard InChI is InChI=1S/C48H39BO2/c1-30-9-17-34(18-10-30)47(35-19-11-31(2)12-20-35)43-8-6-5-7-39(43)41-28-46-42(29-45(41)47)40-26-25-38(49(50)51)27-44(40)48(46,36-21-13-32(3)14-22-36)37-23-15-33(4)16-24-37/h5-29,50-51H,1-4H3. The van der Waals surface area contributed by atoms with Crippen molar-refractivity contribution in [1.82, 2.24) is 0 Å². The van der Waals surface area contributed by atoms with E-state index in [1.165, 1.54) is 66.8 Å². The molecule has 0 unspecified atom stereocenters. The molecule has 0 heterocycles. The average Bonchev–Trinajstić information content (AvgIpc) is 3.59. The van der Waals surface area contributed by atoms with Crippen molar-refractivity contribution in [2.24, 2.45) is 0 Å². The van der Waals surface area contributed by atoms with Crippen molar-refractivity contribution in [1.29, 1.82) is 0 Å². The minimum atomic E-state index is -1.58. The van der Waals surface area contributed by atoms with Crippen LogP contribution in [0.25, 0.3) is 22.3 Å². The quantitative estimate of drug-likeness (QED) is 0.181. The molecule has 0 aromatic heterocycles. The summed E-state index contributed by atoms with van der Waals surface area (Å²) in [5.74, 6) is 0. The summed E-state index contributed by atoms with van der Waals surface area (Å²) in [5.41, 5.74) is 18.4. The van der Waals surface area contributed by atoms with Crippen molar-refractivity contribution in [3.63, 3.8) is 0 Å². The lowest BCUT2D eigenvalue weighted by Crippen LogP contribution is -2.34. The fraction of sp³-hybridized carbons (Fsp3) is 0.125. The fourth-order valence-electron chi connectivity index (χ4n) is 9.06. The number of hydrogen-bond acceptors (Lipinski definition) is 2. The van der Waals surface area contributed by atoms with Crippen LogP contribution in [0.4, 0.5) is 0 Å². The van der Waals surface area contributed by atoms with Crippen molar-refractivity contribution < 1.29 is 10.0 Å². The maximum atomic E-state index is 10.5. The summed E-state index contributed by atoms with van der Waals surface area (Å²) >= 11 is 0. The van der Waals surface area contributed by atoms with Crippen LogP contribution in [0.2, 0.25) is 0 Å². The molecule has 2 aliphatic rings. The van der Waals surface area contributed by atoms with Crippen LogP contribution in [0, 0.1) is 27.7 Å². The Kier molecular flexibility index (Phi) is 7.12. The SMILES string of the molecule is Cc1ccc(C2(c3ccc(C)cc3)c3ccccc3-c3cc4c(cc32)-c2ccc(B(O)O)cc2C4(c2ccc(C)cc2)c2ccc(C)cc2)cc1. The molecule has 0 saturated heterocycles. The molecule has 3 heteroatoms. The minimum Gasteiger partial charge on any atom is -0.423 e. The summed E-state index contributed by atoms with van der Waals surface area (Å²) in [7, 11) is -1.58. The average molecular weight is 659 g/mol. The highest BCUT2D eigenvalue weighted by atomic mass is 16.4. The van der Waals surface area contributed by atoms with E-state index in [1.807, 2.05) is 12.1 Å². The van der Waals surface area contributed by atoms with Gasteiger partial charge in [0, 0.05) is 0 Å². The summed E-state index contributed by atoms with van der Waals surface area (Å²) in [6.45, 7) is 8.54. The molecule has 9 rings (SSSR count). The van der Waals surface area contributed by atoms with E-state index in [2.05, 4.69) is 167 Å². The molecule has 0 bridgehead atoms. The first-order valence-corrected chi connectivity index (χ1v) is 17.8. The second kappa shape index (κ2) is 11.5. The summed E-state index contributed by atoms with van der Waals surface area (Å²) in [5, 5.41) is 21.0. The first-order chi connectivity index (χ1) is 24.7. The molecule has 0 fully saturated rings. The van der Waals surface area contributed by atoms with E-state index in [0.717, 1.165) is 22.3 Å². The van der Waals surface area contributed by atoms with Gasteiger partial charge in [-0.05, 0) is 112 Å². The van der Waals surface area contributed by atoms with Crippen molar-refractivity contribution in [3.05, 3.63) is 218 Å². The van der Waals surface area contributed by atoms with Gasteiger partial charge in [0.1, 0.15) is 0 Å². The Morgan fingerprint density at radius 1 is 0.353 bits per heavy atom. The third-order valence-corrected chi connectivity index (χ3v) is 11.6. The van der Waals surface area contributed by atoms with E-state index in [4.69, 9.17) is 0 Å². The molecule has 2 nitrogen and oxygen atoms in total. The van der Waals surface area contributed by atoms with Crippen molar-refractivity contribution in [2.75, 3.05) is 0 Å². The van der Waals surface area contributed by atoms with Crippen LogP contribution in [-0.4, -0.2) is 17.2 Å². The Hall–Kier alpha value is -5.48. The maximum Gasteiger partial charge on any atom is 0.488 e. The molecular formula is C48H39BO2. The maximum absolute atomic E-state index is 10.5. The zero-order valence-corrected chi connectivity index (χ0v) is 29.4. The number of fused-ring (bicyclic) bond motifs is 6. The lowest BCUT2D eigenvalue weighted by atomic mass is 9.65. The van der Waals surface area contributed by atoms with Gasteiger partial charge >= 0.3 is 7.12 Å². The highest BCUT2D eigenvalue weighted by molar-refractivity contribution is 6.58. The topological polar surface area (TPSA) is 40.5 Å². The number of hydrogen-bond donors (Lipinski definition) is 2. The largest absolute Gasteiger partial charge is 0.488 e. The van der Waals surface area contributed by atoms with Crippen molar-refractivity contribution in [2.45, 2.75) is 38.5 Å². The predicted octanol–water partition coefficient (Wildman–Crippen LogP) is 9.33. The summed E-state index contributed by atoms with van der Waals surface area (Å²) in [4.78, 5) is 0. The Balaban J connectivity index is 1.46. The number of benzene rings is 7. The highest BCUT2D eigenvalue weighted by Crippen LogP contribution is 2.62. The minimum absolute atomic E-state index is 0.483. The lowest BCUT2D eigenvalue weighted by molar-refractivity contribution is 0.425. The zero-order chi connectivity index (χ0) is 35.1. The van der Waals surface area contributed by atoms with E-state index in [0.29, 0.717) is 5.46 Å². The second-order valence-corrected chi connectivity index (χ2v) is 14.6. The number of aryl methyl sites for hydroxylation is 4. The van der Waals surface area contributed by atoms with Crippen LogP contribution in [0.15, 0.2) is 152 Å². The van der Waals surface area contributed by atoms with Crippen LogP contribution in [0.3, 0.4) is 0 Å². The van der Waals surface area contributed by atoms with Crippen LogP contribution in [0.5, 0.6) is 0 Å². The van der Waals surface area contributed by atoms with Gasteiger partial charge in [-0.2, -0.15) is 0 Å². The third-order valence-electron chi connectivity index (χ3n) is 11.6. The third kappa shape index (κ3) is 4.45. The molecule has 7 aromatic rings. The molecule has 0 amide bonds. The number of rotatable bonds is 5. The van der Waals surface area contributed by atoms with Gasteiger partial charge in [-0.15, -0.1) is 0 Å². The van der Waals surface area contributed by atoms with Gasteiger partial charge in [0.2, 0.25) is 0 Å². The molecule has 0 aliphatic heterocycles. The fourth-order valence-corrected chi connectivity index (χ4v) is 9.06. The highest BCUT2D eigenvalue weighted by Gasteiger charge is 2.51. The van der Waals surface area contributed by atoms with E-state index in [-0.39, 0.29) is 0 Å². The van der Waals surface area contributed by atoms with Gasteiger partial charge in [0.15, 0.2) is 0 Å². The Bertz CT molecular complexity index is 2370. The van der Waals surface area contributed by atoms with Crippen molar-refractivity contribution in [3.8, 4) is 22.3 Å². The summed E-state index contributed by atoms with van der Waals surface area (Å²) < 4.78 is 0. The molecule has 2 aliphatic carbocycles. The van der Waals surface area contributed by atoms with E-state index in [1.54, 1.807) is 0 Å². The molecule has 51 heavy (non-hydrogen) atoms. The molecular weight excluding hydrogens is 619 g/mol. The van der Waals surface area contributed by atoms with Crippen LogP contribution >= 0.6 is 0 Å². The Labute approximate surface area is 300 Å². The van der Waals surface area contributed by atoms with Gasteiger partial charge < -0.3 is 10.0 Å². The first kappa shape index (κ1) is 31.5. The molecule has 2 N–H and O–H groups in total. The first-order valence-electron chi connectivity index (χ1n) is 17.8. The van der Waals surface area contributed by atoms with Gasteiger partial charge in [-0.1, -0.05) is 162 Å². The molecule has 246 valence electrons. The smallest absolute Gasteiger partial charge is 0.423 e. The van der Waals surface area contributed by atoms with Gasteiger partial charge in [0.25, 0.3) is 0 Å². The normalized spacial score (nSPS) is 14.4. The van der Waals surface area contributed by atoms with Gasteiger partial charge in [-0.25, -0.2) is 0 Å².